The van der Waals surface area contributed by atoms with Gasteiger partial charge in [-0.2, -0.15) is 0 Å². The molecule has 1 aromatic heterocycles. The van der Waals surface area contributed by atoms with Gasteiger partial charge in [0, 0.05) is 23.5 Å². The van der Waals surface area contributed by atoms with Crippen LogP contribution in [0.25, 0.3) is 10.9 Å². The zero-order chi connectivity index (χ0) is 23.0. The Morgan fingerprint density at radius 2 is 1.76 bits per heavy atom. The Morgan fingerprint density at radius 1 is 1.06 bits per heavy atom. The fourth-order valence-electron chi connectivity index (χ4n) is 5.29. The number of carbonyl (C=O) groups is 2. The van der Waals surface area contributed by atoms with Crippen molar-refractivity contribution in [2.24, 2.45) is 0 Å². The Balaban J connectivity index is 1.53. The fraction of sp³-hybridized carbons (Fsp3) is 0.407. The van der Waals surface area contributed by atoms with Crippen LogP contribution in [0.1, 0.15) is 61.5 Å². The van der Waals surface area contributed by atoms with Crippen molar-refractivity contribution < 1.29 is 14.0 Å². The maximum absolute atomic E-state index is 13.8. The van der Waals surface area contributed by atoms with Gasteiger partial charge in [0.2, 0.25) is 5.91 Å². The summed E-state index contributed by atoms with van der Waals surface area (Å²) in [5, 5.41) is 4.26. The van der Waals surface area contributed by atoms with Crippen LogP contribution in [0, 0.1) is 5.82 Å². The van der Waals surface area contributed by atoms with Crippen LogP contribution < -0.4 is 5.32 Å². The molecule has 33 heavy (non-hydrogen) atoms. The number of hydrogen-bond donors (Lipinski definition) is 1. The second-order valence-electron chi connectivity index (χ2n) is 9.63. The molecule has 5 nitrogen and oxygen atoms in total. The number of hydrogen-bond acceptors (Lipinski definition) is 2. The number of rotatable bonds is 4. The van der Waals surface area contributed by atoms with E-state index in [1.807, 2.05) is 41.8 Å². The third-order valence-electron chi connectivity index (χ3n) is 7.27. The molecule has 5 rings (SSSR count). The second kappa shape index (κ2) is 8.65. The molecule has 1 saturated carbocycles. The number of aromatic nitrogens is 1. The summed E-state index contributed by atoms with van der Waals surface area (Å²) in [5.74, 6) is -0.619. The van der Waals surface area contributed by atoms with Gasteiger partial charge in [-0.05, 0) is 49.6 Å². The summed E-state index contributed by atoms with van der Waals surface area (Å²) >= 11 is 0. The molecule has 1 N–H and O–H groups in total. The normalized spacial score (nSPS) is 21.6. The van der Waals surface area contributed by atoms with E-state index < -0.39 is 5.54 Å². The summed E-state index contributed by atoms with van der Waals surface area (Å²) in [6, 6.07) is 16.1. The number of halogens is 1. The van der Waals surface area contributed by atoms with Gasteiger partial charge in [-0.3, -0.25) is 9.59 Å². The van der Waals surface area contributed by atoms with Crippen LogP contribution in [-0.4, -0.2) is 32.9 Å². The molecule has 0 spiro atoms. The molecule has 0 unspecified atom stereocenters. The smallest absolute Gasteiger partial charge is 0.271 e. The molecule has 172 valence electrons. The highest BCUT2D eigenvalue weighted by Crippen LogP contribution is 2.34. The van der Waals surface area contributed by atoms with Gasteiger partial charge >= 0.3 is 0 Å². The lowest BCUT2D eigenvalue weighted by atomic mass is 9.93. The Labute approximate surface area is 193 Å². The van der Waals surface area contributed by atoms with Crippen molar-refractivity contribution in [3.05, 3.63) is 71.7 Å². The van der Waals surface area contributed by atoms with Crippen LogP contribution in [-0.2, 0) is 17.9 Å². The van der Waals surface area contributed by atoms with Crippen LogP contribution in [0.2, 0.25) is 0 Å². The lowest BCUT2D eigenvalue weighted by molar-refractivity contribution is -0.134. The predicted octanol–water partition coefficient (Wildman–Crippen LogP) is 5.03. The van der Waals surface area contributed by atoms with E-state index in [0.29, 0.717) is 12.2 Å². The molecule has 0 bridgehead atoms. The number of carbonyl (C=O) groups excluding carboxylic acids is 2. The molecule has 1 aliphatic heterocycles. The zero-order valence-corrected chi connectivity index (χ0v) is 19.0. The van der Waals surface area contributed by atoms with E-state index in [-0.39, 0.29) is 30.2 Å². The van der Waals surface area contributed by atoms with E-state index in [0.717, 1.165) is 42.1 Å². The van der Waals surface area contributed by atoms with Gasteiger partial charge in [-0.25, -0.2) is 4.39 Å². The molecule has 2 heterocycles. The minimum atomic E-state index is -1.06. The van der Waals surface area contributed by atoms with E-state index >= 15 is 0 Å². The first-order valence-corrected chi connectivity index (χ1v) is 11.9. The van der Waals surface area contributed by atoms with E-state index in [1.54, 1.807) is 17.0 Å². The summed E-state index contributed by atoms with van der Waals surface area (Å²) in [6.45, 7) is 2.48. The minimum absolute atomic E-state index is 0.117. The zero-order valence-electron chi connectivity index (χ0n) is 19.0. The van der Waals surface area contributed by atoms with E-state index in [4.69, 9.17) is 0 Å². The summed E-state index contributed by atoms with van der Waals surface area (Å²) in [4.78, 5) is 29.2. The Bertz CT molecular complexity index is 1180. The Morgan fingerprint density at radius 3 is 2.48 bits per heavy atom. The molecule has 0 saturated heterocycles. The van der Waals surface area contributed by atoms with Crippen molar-refractivity contribution in [3.63, 3.8) is 0 Å². The third-order valence-corrected chi connectivity index (χ3v) is 7.27. The van der Waals surface area contributed by atoms with Crippen LogP contribution >= 0.6 is 0 Å². The summed E-state index contributed by atoms with van der Waals surface area (Å²) in [5.41, 5.74) is 1.27. The molecule has 1 fully saturated rings. The van der Waals surface area contributed by atoms with Gasteiger partial charge in [0.05, 0.1) is 6.54 Å². The molecule has 6 heteroatoms. The molecule has 1 aliphatic carbocycles. The van der Waals surface area contributed by atoms with Gasteiger partial charge in [-0.15, -0.1) is 0 Å². The van der Waals surface area contributed by atoms with Crippen molar-refractivity contribution in [2.75, 3.05) is 0 Å². The lowest BCUT2D eigenvalue weighted by Gasteiger charge is -2.44. The maximum Gasteiger partial charge on any atom is 0.271 e. The standard InChI is InChI=1S/C27H30FN3O2/c1-27(26(33)29-22-9-4-2-3-5-10-22)18-30-23-11-7-6-8-20(23)16-24(30)25(32)31(27)17-19-12-14-21(28)15-13-19/h6-8,11-16,22H,2-5,9-10,17-18H2,1H3,(H,29,33)/t27-/m0/s1. The third kappa shape index (κ3) is 4.03. The monoisotopic (exact) mass is 447 g/mol. The van der Waals surface area contributed by atoms with Crippen molar-refractivity contribution in [2.45, 2.75) is 70.1 Å². The summed E-state index contributed by atoms with van der Waals surface area (Å²) in [6.07, 6.45) is 6.60. The topological polar surface area (TPSA) is 54.3 Å². The highest BCUT2D eigenvalue weighted by Gasteiger charge is 2.48. The largest absolute Gasteiger partial charge is 0.351 e. The number of para-hydroxylation sites is 1. The minimum Gasteiger partial charge on any atom is -0.351 e. The highest BCUT2D eigenvalue weighted by atomic mass is 19.1. The molecule has 2 aliphatic rings. The molecule has 3 aromatic rings. The summed E-state index contributed by atoms with van der Waals surface area (Å²) < 4.78 is 15.5. The first-order valence-electron chi connectivity index (χ1n) is 11.9. The maximum atomic E-state index is 13.8. The van der Waals surface area contributed by atoms with E-state index in [9.17, 15) is 14.0 Å². The van der Waals surface area contributed by atoms with Crippen LogP contribution in [0.5, 0.6) is 0 Å². The first-order chi connectivity index (χ1) is 16.0. The van der Waals surface area contributed by atoms with Gasteiger partial charge < -0.3 is 14.8 Å². The van der Waals surface area contributed by atoms with Gasteiger partial charge in [0.1, 0.15) is 17.1 Å². The molecular formula is C27H30FN3O2. The average molecular weight is 448 g/mol. The molecule has 2 aromatic carbocycles. The van der Waals surface area contributed by atoms with Gasteiger partial charge in [0.25, 0.3) is 5.91 Å². The van der Waals surface area contributed by atoms with Crippen molar-refractivity contribution >= 4 is 22.7 Å². The highest BCUT2D eigenvalue weighted by molar-refractivity contribution is 6.03. The van der Waals surface area contributed by atoms with Crippen LogP contribution in [0.15, 0.2) is 54.6 Å². The molecular weight excluding hydrogens is 417 g/mol. The Hall–Kier alpha value is -3.15. The average Bonchev–Trinajstić information content (AvgIpc) is 2.98. The van der Waals surface area contributed by atoms with Crippen molar-refractivity contribution in [1.29, 1.82) is 0 Å². The quantitative estimate of drug-likeness (QED) is 0.570. The van der Waals surface area contributed by atoms with Gasteiger partial charge in [-0.1, -0.05) is 56.0 Å². The van der Waals surface area contributed by atoms with Crippen molar-refractivity contribution in [3.8, 4) is 0 Å². The van der Waals surface area contributed by atoms with Crippen LogP contribution in [0.3, 0.4) is 0 Å². The number of nitrogens with zero attached hydrogens (tertiary/aromatic N) is 2. The van der Waals surface area contributed by atoms with Crippen molar-refractivity contribution in [1.82, 2.24) is 14.8 Å². The number of fused-ring (bicyclic) bond motifs is 3. The SMILES string of the molecule is C[C@@]1(C(=O)NC2CCCCCC2)Cn2c(cc3ccccc32)C(=O)N1Cc1ccc(F)cc1. The first kappa shape index (κ1) is 21.7. The fourth-order valence-corrected chi connectivity index (χ4v) is 5.29. The number of benzene rings is 2. The molecule has 0 radical (unpaired) electrons. The predicted molar refractivity (Wildman–Crippen MR) is 126 cm³/mol. The number of nitrogens with one attached hydrogen (secondary N) is 1. The molecule has 2 amide bonds. The lowest BCUT2D eigenvalue weighted by Crippen LogP contribution is -2.64. The summed E-state index contributed by atoms with van der Waals surface area (Å²) in [7, 11) is 0. The second-order valence-corrected chi connectivity index (χ2v) is 9.63. The number of amides is 2. The molecule has 1 atom stereocenters. The van der Waals surface area contributed by atoms with E-state index in [1.165, 1.54) is 25.0 Å². The Kier molecular flexibility index (Phi) is 5.69. The van der Waals surface area contributed by atoms with Crippen LogP contribution in [0.4, 0.5) is 4.39 Å². The van der Waals surface area contributed by atoms with E-state index in [2.05, 4.69) is 5.32 Å². The van der Waals surface area contributed by atoms with Gasteiger partial charge in [0.15, 0.2) is 0 Å².